The van der Waals surface area contributed by atoms with Crippen molar-refractivity contribution >= 4 is 11.7 Å². The predicted octanol–water partition coefficient (Wildman–Crippen LogP) is 2.83. The maximum absolute atomic E-state index is 13.0. The van der Waals surface area contributed by atoms with E-state index in [1.54, 1.807) is 13.8 Å². The zero-order chi connectivity index (χ0) is 13.9. The zero-order valence-electron chi connectivity index (χ0n) is 9.78. The van der Waals surface area contributed by atoms with Gasteiger partial charge in [-0.2, -0.15) is 0 Å². The molecular weight excluding hydrogens is 248 g/mol. The second-order valence-electron chi connectivity index (χ2n) is 3.66. The van der Waals surface area contributed by atoms with Crippen LogP contribution in [0.2, 0.25) is 0 Å². The molecule has 0 spiro atoms. The average Bonchev–Trinajstić information content (AvgIpc) is 2.31. The van der Waals surface area contributed by atoms with Gasteiger partial charge in [0.05, 0.1) is 17.1 Å². The Hall–Kier alpha value is -2.05. The maximum atomic E-state index is 13.0. The van der Waals surface area contributed by atoms with E-state index in [0.29, 0.717) is 18.6 Å². The summed E-state index contributed by atoms with van der Waals surface area (Å²) in [6.07, 6.45) is 0.0358. The van der Waals surface area contributed by atoms with Crippen LogP contribution in [0.15, 0.2) is 12.1 Å². The number of nitrogens with zero attached hydrogens (tertiary/aromatic N) is 1. The highest BCUT2D eigenvalue weighted by atomic mass is 19.2. The van der Waals surface area contributed by atoms with Crippen LogP contribution in [0.1, 0.15) is 30.6 Å². The van der Waals surface area contributed by atoms with Gasteiger partial charge < -0.3 is 4.74 Å². The van der Waals surface area contributed by atoms with Crippen molar-refractivity contribution in [1.82, 2.24) is 0 Å². The fourth-order valence-electron chi connectivity index (χ4n) is 1.18. The molecule has 0 aromatic heterocycles. The van der Waals surface area contributed by atoms with Gasteiger partial charge in [-0.1, -0.05) is 6.92 Å². The first-order chi connectivity index (χ1) is 8.36. The quantitative estimate of drug-likeness (QED) is 0.473. The number of carbonyl (C=O) groups excluding carboxylic acids is 1. The molecule has 0 aliphatic heterocycles. The summed E-state index contributed by atoms with van der Waals surface area (Å²) >= 11 is 0. The van der Waals surface area contributed by atoms with Crippen LogP contribution in [0, 0.1) is 21.7 Å². The van der Waals surface area contributed by atoms with Crippen molar-refractivity contribution in [3.63, 3.8) is 0 Å². The Balaban J connectivity index is 3.18. The molecule has 1 aromatic carbocycles. The molecule has 0 aliphatic carbocycles. The van der Waals surface area contributed by atoms with E-state index in [4.69, 9.17) is 4.74 Å². The lowest BCUT2D eigenvalue weighted by Gasteiger charge is -2.10. The fourth-order valence-corrected chi connectivity index (χ4v) is 1.18. The summed E-state index contributed by atoms with van der Waals surface area (Å²) in [7, 11) is 0. The van der Waals surface area contributed by atoms with Crippen molar-refractivity contribution < 1.29 is 23.2 Å². The van der Waals surface area contributed by atoms with Gasteiger partial charge >= 0.3 is 5.97 Å². The summed E-state index contributed by atoms with van der Waals surface area (Å²) in [5.74, 6) is -3.77. The van der Waals surface area contributed by atoms with Crippen LogP contribution in [0.3, 0.4) is 0 Å². The van der Waals surface area contributed by atoms with E-state index in [1.807, 2.05) is 0 Å². The number of esters is 1. The van der Waals surface area contributed by atoms with Crippen LogP contribution in [-0.4, -0.2) is 17.0 Å². The number of hydrogen-bond donors (Lipinski definition) is 0. The molecule has 5 nitrogen and oxygen atoms in total. The largest absolute Gasteiger partial charge is 0.459 e. The van der Waals surface area contributed by atoms with Crippen LogP contribution in [0.4, 0.5) is 14.5 Å². The number of ether oxygens (including phenoxy) is 1. The molecule has 0 saturated carbocycles. The van der Waals surface area contributed by atoms with E-state index in [9.17, 15) is 23.7 Å². The van der Waals surface area contributed by atoms with Gasteiger partial charge in [0.1, 0.15) is 5.56 Å². The van der Waals surface area contributed by atoms with Gasteiger partial charge in [-0.15, -0.1) is 0 Å². The van der Waals surface area contributed by atoms with Crippen molar-refractivity contribution in [2.24, 2.45) is 0 Å². The van der Waals surface area contributed by atoms with Gasteiger partial charge in [0.25, 0.3) is 5.69 Å². The highest BCUT2D eigenvalue weighted by Crippen LogP contribution is 2.23. The molecule has 0 bridgehead atoms. The minimum Gasteiger partial charge on any atom is -0.459 e. The van der Waals surface area contributed by atoms with Gasteiger partial charge in [-0.05, 0) is 19.4 Å². The molecule has 0 N–H and O–H groups in total. The lowest BCUT2D eigenvalue weighted by Crippen LogP contribution is -2.16. The van der Waals surface area contributed by atoms with Gasteiger partial charge in [-0.3, -0.25) is 10.1 Å². The Morgan fingerprint density at radius 3 is 2.50 bits per heavy atom. The number of carbonyl (C=O) groups is 1. The van der Waals surface area contributed by atoms with E-state index < -0.39 is 39.9 Å². The molecule has 1 atom stereocenters. The molecule has 0 heterocycles. The Morgan fingerprint density at radius 1 is 1.44 bits per heavy atom. The molecule has 0 radical (unpaired) electrons. The minimum atomic E-state index is -1.39. The van der Waals surface area contributed by atoms with E-state index in [2.05, 4.69) is 0 Å². The third-order valence-corrected chi connectivity index (χ3v) is 2.34. The smallest absolute Gasteiger partial charge is 0.345 e. The van der Waals surface area contributed by atoms with Crippen molar-refractivity contribution in [3.05, 3.63) is 39.4 Å². The summed E-state index contributed by atoms with van der Waals surface area (Å²) in [4.78, 5) is 21.3. The third-order valence-electron chi connectivity index (χ3n) is 2.34. The molecule has 0 aliphatic rings. The topological polar surface area (TPSA) is 69.4 Å². The van der Waals surface area contributed by atoms with Crippen LogP contribution < -0.4 is 0 Å². The molecule has 0 fully saturated rings. The minimum absolute atomic E-state index is 0.364. The number of nitro benzene ring substituents is 1. The Labute approximate surface area is 102 Å². The van der Waals surface area contributed by atoms with E-state index in [-0.39, 0.29) is 0 Å². The second kappa shape index (κ2) is 5.52. The van der Waals surface area contributed by atoms with Crippen molar-refractivity contribution in [2.45, 2.75) is 26.4 Å². The molecular formula is C11H11F2NO4. The summed E-state index contributed by atoms with van der Waals surface area (Å²) in [5, 5.41) is 10.7. The van der Waals surface area contributed by atoms with E-state index in [1.165, 1.54) is 0 Å². The first kappa shape index (κ1) is 14.0. The lowest BCUT2D eigenvalue weighted by atomic mass is 10.1. The van der Waals surface area contributed by atoms with Gasteiger partial charge in [0.2, 0.25) is 0 Å². The third kappa shape index (κ3) is 2.99. The molecule has 98 valence electrons. The fraction of sp³-hybridized carbons (Fsp3) is 0.364. The molecule has 7 heteroatoms. The molecule has 0 saturated heterocycles. The SMILES string of the molecule is CCC(C)OC(=O)c1cc(F)c(F)cc1[N+](=O)[O-]. The lowest BCUT2D eigenvalue weighted by molar-refractivity contribution is -0.385. The van der Waals surface area contributed by atoms with Crippen LogP contribution >= 0.6 is 0 Å². The maximum Gasteiger partial charge on any atom is 0.345 e. The number of rotatable bonds is 4. The molecule has 0 amide bonds. The monoisotopic (exact) mass is 259 g/mol. The Morgan fingerprint density at radius 2 is 2.00 bits per heavy atom. The number of nitro groups is 1. The van der Waals surface area contributed by atoms with Crippen molar-refractivity contribution in [1.29, 1.82) is 0 Å². The highest BCUT2D eigenvalue weighted by Gasteiger charge is 2.25. The normalized spacial score (nSPS) is 12.0. The van der Waals surface area contributed by atoms with E-state index >= 15 is 0 Å². The van der Waals surface area contributed by atoms with Crippen LogP contribution in [0.5, 0.6) is 0 Å². The van der Waals surface area contributed by atoms with E-state index in [0.717, 1.165) is 0 Å². The zero-order valence-corrected chi connectivity index (χ0v) is 9.78. The van der Waals surface area contributed by atoms with Crippen molar-refractivity contribution in [3.8, 4) is 0 Å². The highest BCUT2D eigenvalue weighted by molar-refractivity contribution is 5.94. The predicted molar refractivity (Wildman–Crippen MR) is 58.2 cm³/mol. The number of halogens is 2. The summed E-state index contributed by atoms with van der Waals surface area (Å²) in [5.41, 5.74) is -1.42. The standard InChI is InChI=1S/C11H11F2NO4/c1-3-6(2)18-11(15)7-4-8(12)9(13)5-10(7)14(16)17/h4-6H,3H2,1-2H3. The molecule has 1 unspecified atom stereocenters. The van der Waals surface area contributed by atoms with Crippen LogP contribution in [0.25, 0.3) is 0 Å². The van der Waals surface area contributed by atoms with Gasteiger partial charge in [0, 0.05) is 0 Å². The average molecular weight is 259 g/mol. The Kier molecular flexibility index (Phi) is 4.30. The first-order valence-corrected chi connectivity index (χ1v) is 5.21. The number of benzene rings is 1. The molecule has 1 rings (SSSR count). The summed E-state index contributed by atoms with van der Waals surface area (Å²) < 4.78 is 30.7. The number of hydrogen-bond acceptors (Lipinski definition) is 4. The second-order valence-corrected chi connectivity index (χ2v) is 3.66. The molecule has 18 heavy (non-hydrogen) atoms. The van der Waals surface area contributed by atoms with Gasteiger partial charge in [0.15, 0.2) is 11.6 Å². The summed E-state index contributed by atoms with van der Waals surface area (Å²) in [6, 6.07) is 0.834. The first-order valence-electron chi connectivity index (χ1n) is 5.21. The van der Waals surface area contributed by atoms with Crippen molar-refractivity contribution in [2.75, 3.05) is 0 Å². The van der Waals surface area contributed by atoms with Gasteiger partial charge in [-0.25, -0.2) is 13.6 Å². The van der Waals surface area contributed by atoms with Crippen LogP contribution in [-0.2, 0) is 4.74 Å². The Bertz CT molecular complexity index is 490. The molecule has 1 aromatic rings. The summed E-state index contributed by atoms with van der Waals surface area (Å²) in [6.45, 7) is 3.33.